The molecule has 2 aromatic rings. The minimum Gasteiger partial charge on any atom is -0.294 e. The Morgan fingerprint density at radius 2 is 2.10 bits per heavy atom. The zero-order valence-corrected chi connectivity index (χ0v) is 12.3. The fraction of sp³-hybridized carbons (Fsp3) is 0.364. The number of pyridine rings is 1. The second-order valence-electron chi connectivity index (χ2n) is 4.06. The van der Waals surface area contributed by atoms with Gasteiger partial charge in [-0.05, 0) is 18.6 Å². The number of fused-ring (bicyclic) bond motifs is 1. The maximum atomic E-state index is 12.1. The molecule has 5 nitrogen and oxygen atoms in total. The highest BCUT2D eigenvalue weighted by molar-refractivity contribution is 7.99. The van der Waals surface area contributed by atoms with Gasteiger partial charge in [-0.25, -0.2) is 18.1 Å². The molecule has 0 aromatic carbocycles. The summed E-state index contributed by atoms with van der Waals surface area (Å²) in [6.45, 7) is -0.255. The van der Waals surface area contributed by atoms with Crippen LogP contribution >= 0.6 is 11.8 Å². The molecule has 10 heteroatoms. The Labute approximate surface area is 123 Å². The van der Waals surface area contributed by atoms with Crippen LogP contribution in [0.1, 0.15) is 6.42 Å². The van der Waals surface area contributed by atoms with Crippen molar-refractivity contribution >= 4 is 27.4 Å². The Bertz CT molecular complexity index is 713. The number of imidazole rings is 1. The highest BCUT2D eigenvalue weighted by Gasteiger charge is 2.45. The van der Waals surface area contributed by atoms with Gasteiger partial charge in [0, 0.05) is 24.7 Å². The fourth-order valence-electron chi connectivity index (χ4n) is 1.58. The van der Waals surface area contributed by atoms with Gasteiger partial charge >= 0.3 is 15.5 Å². The van der Waals surface area contributed by atoms with Crippen LogP contribution in [-0.2, 0) is 10.0 Å². The minimum absolute atomic E-state index is 0.255. The average Bonchev–Trinajstić information content (AvgIpc) is 2.85. The van der Waals surface area contributed by atoms with Gasteiger partial charge in [0.25, 0.3) is 0 Å². The van der Waals surface area contributed by atoms with Gasteiger partial charge in [0.2, 0.25) is 0 Å². The smallest absolute Gasteiger partial charge is 0.294 e. The van der Waals surface area contributed by atoms with Crippen LogP contribution in [0.25, 0.3) is 5.65 Å². The van der Waals surface area contributed by atoms with Gasteiger partial charge in [0.05, 0.1) is 5.03 Å². The highest BCUT2D eigenvalue weighted by Crippen LogP contribution is 2.22. The Morgan fingerprint density at radius 1 is 1.33 bits per heavy atom. The second-order valence-corrected chi connectivity index (χ2v) is 6.94. The maximum absolute atomic E-state index is 12.1. The van der Waals surface area contributed by atoms with Crippen LogP contribution in [0.2, 0.25) is 0 Å². The van der Waals surface area contributed by atoms with Gasteiger partial charge < -0.3 is 0 Å². The summed E-state index contributed by atoms with van der Waals surface area (Å²) in [5, 5.41) is 0.892. The highest BCUT2D eigenvalue weighted by atomic mass is 32.2. The quantitative estimate of drug-likeness (QED) is 0.648. The van der Waals surface area contributed by atoms with Gasteiger partial charge in [-0.15, -0.1) is 11.8 Å². The molecule has 0 unspecified atom stereocenters. The van der Waals surface area contributed by atoms with Crippen molar-refractivity contribution in [3.8, 4) is 0 Å². The van der Waals surface area contributed by atoms with E-state index in [1.807, 2.05) is 22.6 Å². The van der Waals surface area contributed by atoms with Crippen LogP contribution in [0.4, 0.5) is 13.2 Å². The molecule has 0 amide bonds. The van der Waals surface area contributed by atoms with E-state index < -0.39 is 15.5 Å². The monoisotopic (exact) mass is 339 g/mol. The van der Waals surface area contributed by atoms with Gasteiger partial charge in [0.15, 0.2) is 0 Å². The van der Waals surface area contributed by atoms with Crippen molar-refractivity contribution in [2.45, 2.75) is 17.0 Å². The topological polar surface area (TPSA) is 63.5 Å². The summed E-state index contributed by atoms with van der Waals surface area (Å²) in [6.07, 6.45) is 3.71. The number of nitrogens with zero attached hydrogens (tertiary/aromatic N) is 2. The van der Waals surface area contributed by atoms with Gasteiger partial charge in [-0.1, -0.05) is 6.07 Å². The largest absolute Gasteiger partial charge is 0.511 e. The van der Waals surface area contributed by atoms with Crippen molar-refractivity contribution in [3.63, 3.8) is 0 Å². The Kier molecular flexibility index (Phi) is 4.79. The molecule has 2 aromatic heterocycles. The standard InChI is InChI=1S/C11H12F3N3O2S2/c12-11(13,14)21(18,19)16-5-2-8-20-10-4-1-3-9-15-6-7-17(9)10/h1,3-4,6-7,16H,2,5,8H2. The van der Waals surface area contributed by atoms with Crippen molar-refractivity contribution in [1.29, 1.82) is 0 Å². The number of rotatable bonds is 6. The molecule has 0 spiro atoms. The first kappa shape index (κ1) is 16.1. The molecule has 21 heavy (non-hydrogen) atoms. The molecule has 1 N–H and O–H groups in total. The maximum Gasteiger partial charge on any atom is 0.511 e. The Hall–Kier alpha value is -1.26. The summed E-state index contributed by atoms with van der Waals surface area (Å²) >= 11 is 1.42. The number of sulfonamides is 1. The summed E-state index contributed by atoms with van der Waals surface area (Å²) in [6, 6.07) is 5.53. The number of alkyl halides is 3. The molecular formula is C11H12F3N3O2S2. The average molecular weight is 339 g/mol. The first-order valence-corrected chi connectivity index (χ1v) is 8.39. The van der Waals surface area contributed by atoms with Crippen LogP contribution < -0.4 is 4.72 Å². The van der Waals surface area contributed by atoms with Gasteiger partial charge in [0.1, 0.15) is 5.65 Å². The number of thioether (sulfide) groups is 1. The molecule has 0 fully saturated rings. The third-order valence-electron chi connectivity index (χ3n) is 2.56. The third kappa shape index (κ3) is 3.89. The van der Waals surface area contributed by atoms with E-state index in [0.717, 1.165) is 10.7 Å². The second kappa shape index (κ2) is 6.24. The summed E-state index contributed by atoms with van der Waals surface area (Å²) < 4.78 is 61.2. The number of halogens is 3. The lowest BCUT2D eigenvalue weighted by atomic mass is 10.5. The molecule has 116 valence electrons. The van der Waals surface area contributed by atoms with Crippen molar-refractivity contribution in [1.82, 2.24) is 14.1 Å². The molecule has 2 rings (SSSR count). The lowest BCUT2D eigenvalue weighted by Gasteiger charge is -2.09. The van der Waals surface area contributed by atoms with E-state index in [9.17, 15) is 21.6 Å². The molecule has 0 bridgehead atoms. The van der Waals surface area contributed by atoms with Crippen molar-refractivity contribution in [3.05, 3.63) is 30.6 Å². The van der Waals surface area contributed by atoms with E-state index in [1.54, 1.807) is 12.4 Å². The van der Waals surface area contributed by atoms with Crippen LogP contribution in [0, 0.1) is 0 Å². The van der Waals surface area contributed by atoms with Crippen molar-refractivity contribution in [2.75, 3.05) is 12.3 Å². The van der Waals surface area contributed by atoms with E-state index in [0.29, 0.717) is 5.75 Å². The number of hydrogen-bond donors (Lipinski definition) is 1. The third-order valence-corrected chi connectivity index (χ3v) is 4.87. The first-order valence-electron chi connectivity index (χ1n) is 5.92. The molecule has 2 heterocycles. The fourth-order valence-corrected chi connectivity index (χ4v) is 3.12. The van der Waals surface area contributed by atoms with Gasteiger partial charge in [-0.2, -0.15) is 13.2 Å². The van der Waals surface area contributed by atoms with Crippen LogP contribution in [0.3, 0.4) is 0 Å². The predicted molar refractivity (Wildman–Crippen MR) is 73.5 cm³/mol. The lowest BCUT2D eigenvalue weighted by Crippen LogP contribution is -2.37. The lowest BCUT2D eigenvalue weighted by molar-refractivity contribution is -0.0447. The Morgan fingerprint density at radius 3 is 2.81 bits per heavy atom. The summed E-state index contributed by atoms with van der Waals surface area (Å²) in [4.78, 5) is 4.12. The minimum atomic E-state index is -5.26. The van der Waals surface area contributed by atoms with Crippen molar-refractivity contribution < 1.29 is 21.6 Å². The first-order chi connectivity index (χ1) is 9.81. The van der Waals surface area contributed by atoms with Crippen LogP contribution in [0.15, 0.2) is 35.6 Å². The van der Waals surface area contributed by atoms with Crippen LogP contribution in [0.5, 0.6) is 0 Å². The normalized spacial score (nSPS) is 12.9. The zero-order valence-electron chi connectivity index (χ0n) is 10.7. The molecule has 0 atom stereocenters. The zero-order chi connectivity index (χ0) is 15.5. The molecule has 0 saturated carbocycles. The number of hydrogen-bond acceptors (Lipinski definition) is 4. The molecular weight excluding hydrogens is 327 g/mol. The van der Waals surface area contributed by atoms with E-state index in [2.05, 4.69) is 4.98 Å². The van der Waals surface area contributed by atoms with E-state index in [4.69, 9.17) is 0 Å². The van der Waals surface area contributed by atoms with E-state index in [-0.39, 0.29) is 13.0 Å². The summed E-state index contributed by atoms with van der Waals surface area (Å²) in [5.41, 5.74) is -4.49. The molecule has 0 saturated heterocycles. The molecule has 0 aliphatic carbocycles. The van der Waals surface area contributed by atoms with Gasteiger partial charge in [-0.3, -0.25) is 4.40 Å². The van der Waals surface area contributed by atoms with Crippen molar-refractivity contribution in [2.24, 2.45) is 0 Å². The Balaban J connectivity index is 1.82. The molecule has 0 radical (unpaired) electrons. The van der Waals surface area contributed by atoms with E-state index >= 15 is 0 Å². The van der Waals surface area contributed by atoms with E-state index in [1.165, 1.54) is 16.5 Å². The molecule has 0 aliphatic heterocycles. The number of nitrogens with one attached hydrogen (secondary N) is 1. The predicted octanol–water partition coefficient (Wildman–Crippen LogP) is 2.26. The SMILES string of the molecule is O=S(=O)(NCCCSc1cccc2nccn12)C(F)(F)F. The summed E-state index contributed by atoms with van der Waals surface area (Å²) in [5.74, 6) is 0.484. The summed E-state index contributed by atoms with van der Waals surface area (Å²) in [7, 11) is -5.24. The van der Waals surface area contributed by atoms with Crippen LogP contribution in [-0.4, -0.2) is 35.6 Å². The molecule has 0 aliphatic rings. The number of aromatic nitrogens is 2.